The summed E-state index contributed by atoms with van der Waals surface area (Å²) in [5.74, 6) is -0.732. The molecule has 0 aromatic heterocycles. The molecule has 0 aliphatic carbocycles. The molecule has 3 aliphatic rings. The van der Waals surface area contributed by atoms with E-state index < -0.39 is 53.5 Å². The third kappa shape index (κ3) is 3.65. The number of benzene rings is 2. The van der Waals surface area contributed by atoms with E-state index in [1.165, 1.54) is 15.9 Å². The lowest BCUT2D eigenvalue weighted by Crippen LogP contribution is -2.54. The molecule has 3 atom stereocenters. The molecule has 3 aliphatic heterocycles. The van der Waals surface area contributed by atoms with Crippen molar-refractivity contribution in [3.05, 3.63) is 64.2 Å². The maximum absolute atomic E-state index is 13.4. The molecule has 3 fully saturated rings. The molecule has 3 unspecified atom stereocenters. The van der Waals surface area contributed by atoms with Gasteiger partial charge in [-0.2, -0.15) is 18.4 Å². The number of nitrogens with zero attached hydrogens (tertiary/aromatic N) is 4. The highest BCUT2D eigenvalue weighted by Crippen LogP contribution is 2.43. The highest BCUT2D eigenvalue weighted by molar-refractivity contribution is 6.31. The normalized spacial score (nSPS) is 23.1. The van der Waals surface area contributed by atoms with Crippen LogP contribution >= 0.6 is 11.6 Å². The van der Waals surface area contributed by atoms with Crippen molar-refractivity contribution in [2.45, 2.75) is 37.3 Å². The van der Waals surface area contributed by atoms with Crippen molar-refractivity contribution in [2.75, 3.05) is 11.4 Å². The number of likely N-dealkylation sites (tertiary alicyclic amines) is 1. The Kier molecular flexibility index (Phi) is 5.36. The standard InChI is InChI=1S/C23H16ClF3N4O4/c24-17-4-2-1-3-13(17)11-35-22(34)29-10-15-8-18(29)19-20(32)31(21(33)30(15)19)14-6-5-12(9-28)16(7-14)23(25,26)27/h1-7,15,18-19H,8,10-11H2. The predicted molar refractivity (Wildman–Crippen MR) is 115 cm³/mol. The van der Waals surface area contributed by atoms with Crippen LogP contribution in [-0.4, -0.2) is 52.5 Å². The van der Waals surface area contributed by atoms with Gasteiger partial charge in [-0.3, -0.25) is 4.79 Å². The second-order valence-electron chi connectivity index (χ2n) is 8.40. The Hall–Kier alpha value is -3.78. The highest BCUT2D eigenvalue weighted by atomic mass is 35.5. The van der Waals surface area contributed by atoms with Gasteiger partial charge in [-0.1, -0.05) is 29.8 Å². The number of alkyl halides is 3. The number of ether oxygens (including phenoxy) is 1. The molecule has 35 heavy (non-hydrogen) atoms. The Morgan fingerprint density at radius 2 is 1.94 bits per heavy atom. The van der Waals surface area contributed by atoms with E-state index in [1.54, 1.807) is 24.3 Å². The summed E-state index contributed by atoms with van der Waals surface area (Å²) >= 11 is 6.08. The molecule has 2 bridgehead atoms. The molecule has 8 nitrogen and oxygen atoms in total. The summed E-state index contributed by atoms with van der Waals surface area (Å²) in [6, 6.07) is 8.06. The number of urea groups is 1. The number of piperazine rings is 1. The van der Waals surface area contributed by atoms with Gasteiger partial charge in [0.15, 0.2) is 0 Å². The van der Waals surface area contributed by atoms with Crippen LogP contribution in [0.5, 0.6) is 0 Å². The van der Waals surface area contributed by atoms with Gasteiger partial charge >= 0.3 is 18.3 Å². The molecule has 2 aromatic rings. The van der Waals surface area contributed by atoms with Crippen molar-refractivity contribution >= 4 is 35.3 Å². The summed E-state index contributed by atoms with van der Waals surface area (Å²) < 4.78 is 45.6. The van der Waals surface area contributed by atoms with Crippen molar-refractivity contribution in [1.82, 2.24) is 9.80 Å². The Bertz CT molecular complexity index is 1290. The smallest absolute Gasteiger partial charge is 0.417 e. The first-order valence-electron chi connectivity index (χ1n) is 10.6. The number of imide groups is 1. The summed E-state index contributed by atoms with van der Waals surface area (Å²) in [6.07, 6.45) is -5.16. The van der Waals surface area contributed by atoms with Crippen LogP contribution in [-0.2, 0) is 22.3 Å². The summed E-state index contributed by atoms with van der Waals surface area (Å²) in [5.41, 5.74) is -1.53. The lowest BCUT2D eigenvalue weighted by atomic mass is 10.1. The van der Waals surface area contributed by atoms with E-state index in [9.17, 15) is 27.6 Å². The van der Waals surface area contributed by atoms with Gasteiger partial charge < -0.3 is 14.5 Å². The van der Waals surface area contributed by atoms with Crippen molar-refractivity contribution < 1.29 is 32.3 Å². The largest absolute Gasteiger partial charge is 0.444 e. The van der Waals surface area contributed by atoms with Crippen LogP contribution in [0.1, 0.15) is 23.1 Å². The van der Waals surface area contributed by atoms with Crippen molar-refractivity contribution in [2.24, 2.45) is 0 Å². The molecule has 180 valence electrons. The molecular formula is C23H16ClF3N4O4. The number of fused-ring (bicyclic) bond motifs is 5. The maximum atomic E-state index is 13.4. The molecule has 3 saturated heterocycles. The van der Waals surface area contributed by atoms with E-state index in [0.717, 1.165) is 12.1 Å². The number of amides is 4. The molecule has 12 heteroatoms. The summed E-state index contributed by atoms with van der Waals surface area (Å²) in [5, 5.41) is 9.43. The first-order chi connectivity index (χ1) is 16.6. The fourth-order valence-electron chi connectivity index (χ4n) is 4.95. The number of nitriles is 1. The van der Waals surface area contributed by atoms with E-state index >= 15 is 0 Å². The third-order valence-corrected chi connectivity index (χ3v) is 6.86. The average molecular weight is 505 g/mol. The van der Waals surface area contributed by atoms with Crippen molar-refractivity contribution in [3.63, 3.8) is 0 Å². The molecular weight excluding hydrogens is 489 g/mol. The fraction of sp³-hybridized carbons (Fsp3) is 0.304. The SMILES string of the molecule is N#Cc1ccc(N2C(=O)C3C4CC(CN4C(=O)OCc4ccccc4Cl)N3C2=O)cc1C(F)(F)F. The van der Waals surface area contributed by atoms with E-state index in [0.29, 0.717) is 28.0 Å². The van der Waals surface area contributed by atoms with Gasteiger partial charge in [-0.05, 0) is 30.7 Å². The molecule has 0 saturated carbocycles. The van der Waals surface area contributed by atoms with E-state index in [1.807, 2.05) is 0 Å². The van der Waals surface area contributed by atoms with Crippen LogP contribution in [0.2, 0.25) is 5.02 Å². The van der Waals surface area contributed by atoms with Crippen molar-refractivity contribution in [3.8, 4) is 6.07 Å². The molecule has 0 spiro atoms. The Labute approximate surface area is 202 Å². The molecule has 0 N–H and O–H groups in total. The summed E-state index contributed by atoms with van der Waals surface area (Å²) in [6.45, 7) is 0.0573. The zero-order valence-corrected chi connectivity index (χ0v) is 18.6. The monoisotopic (exact) mass is 504 g/mol. The van der Waals surface area contributed by atoms with Crippen LogP contribution < -0.4 is 4.90 Å². The summed E-state index contributed by atoms with van der Waals surface area (Å²) in [7, 11) is 0. The quantitative estimate of drug-likeness (QED) is 0.585. The van der Waals surface area contributed by atoms with E-state index in [4.69, 9.17) is 21.6 Å². The van der Waals surface area contributed by atoms with E-state index in [2.05, 4.69) is 0 Å². The van der Waals surface area contributed by atoms with Gasteiger partial charge in [0.2, 0.25) is 0 Å². The highest BCUT2D eigenvalue weighted by Gasteiger charge is 2.63. The minimum atomic E-state index is -4.84. The van der Waals surface area contributed by atoms with Crippen LogP contribution in [0.15, 0.2) is 42.5 Å². The second kappa shape index (κ2) is 8.16. The summed E-state index contributed by atoms with van der Waals surface area (Å²) in [4.78, 5) is 42.4. The number of carbonyl (C=O) groups excluding carboxylic acids is 3. The Morgan fingerprint density at radius 3 is 2.63 bits per heavy atom. The molecule has 2 aromatic carbocycles. The van der Waals surface area contributed by atoms with Gasteiger partial charge in [0, 0.05) is 17.1 Å². The van der Waals surface area contributed by atoms with Crippen LogP contribution in [0.4, 0.5) is 28.4 Å². The van der Waals surface area contributed by atoms with Crippen LogP contribution in [0.3, 0.4) is 0 Å². The molecule has 5 rings (SSSR count). The topological polar surface area (TPSA) is 93.9 Å². The molecule has 0 radical (unpaired) electrons. The number of anilines is 1. The number of halogens is 4. The van der Waals surface area contributed by atoms with Gasteiger partial charge in [0.05, 0.1) is 35.0 Å². The van der Waals surface area contributed by atoms with Crippen molar-refractivity contribution in [1.29, 1.82) is 5.26 Å². The fourth-order valence-corrected chi connectivity index (χ4v) is 5.14. The average Bonchev–Trinajstić information content (AvgIpc) is 3.48. The molecule has 4 amide bonds. The first kappa shape index (κ1) is 23.0. The lowest BCUT2D eigenvalue weighted by molar-refractivity contribution is -0.137. The predicted octanol–water partition coefficient (Wildman–Crippen LogP) is 4.16. The van der Waals surface area contributed by atoms with Crippen LogP contribution in [0.25, 0.3) is 0 Å². The van der Waals surface area contributed by atoms with Crippen LogP contribution in [0, 0.1) is 11.3 Å². The second-order valence-corrected chi connectivity index (χ2v) is 8.81. The number of rotatable bonds is 3. The number of carbonyl (C=O) groups is 3. The van der Waals surface area contributed by atoms with Gasteiger partial charge in [0.25, 0.3) is 5.91 Å². The van der Waals surface area contributed by atoms with Gasteiger partial charge in [-0.15, -0.1) is 0 Å². The van der Waals surface area contributed by atoms with Gasteiger partial charge in [-0.25, -0.2) is 14.5 Å². The van der Waals surface area contributed by atoms with E-state index in [-0.39, 0.29) is 18.8 Å². The first-order valence-corrected chi connectivity index (χ1v) is 10.9. The Morgan fingerprint density at radius 1 is 1.20 bits per heavy atom. The maximum Gasteiger partial charge on any atom is 0.417 e. The number of hydrogen-bond acceptors (Lipinski definition) is 5. The Balaban J connectivity index is 1.36. The molecule has 3 heterocycles. The third-order valence-electron chi connectivity index (χ3n) is 6.50. The van der Waals surface area contributed by atoms with Gasteiger partial charge in [0.1, 0.15) is 12.6 Å². The zero-order chi connectivity index (χ0) is 25.1. The number of hydrogen-bond donors (Lipinski definition) is 0. The minimum absolute atomic E-state index is 0.0781. The zero-order valence-electron chi connectivity index (χ0n) is 17.8. The minimum Gasteiger partial charge on any atom is -0.444 e. The lowest BCUT2D eigenvalue weighted by Gasteiger charge is -2.34.